The van der Waals surface area contributed by atoms with Gasteiger partial charge in [-0.15, -0.1) is 30.6 Å². The Morgan fingerprint density at radius 2 is 1.10 bits per heavy atom. The first-order chi connectivity index (χ1) is 9.93. The van der Waals surface area contributed by atoms with E-state index in [2.05, 4.69) is 35.6 Å². The molecule has 0 amide bonds. The Hall–Kier alpha value is -3.37. The van der Waals surface area contributed by atoms with Gasteiger partial charge in [0.25, 0.3) is 0 Å². The molecule has 0 aliphatic rings. The predicted octanol–water partition coefficient (Wildman–Crippen LogP) is -0.975. The van der Waals surface area contributed by atoms with Crippen molar-refractivity contribution in [1.29, 1.82) is 0 Å². The molecule has 20 heavy (non-hydrogen) atoms. The van der Waals surface area contributed by atoms with Gasteiger partial charge in [0.2, 0.25) is 23.1 Å². The molecule has 0 aliphatic heterocycles. The van der Waals surface area contributed by atoms with Gasteiger partial charge >= 0.3 is 0 Å². The van der Waals surface area contributed by atoms with Crippen molar-refractivity contribution < 1.29 is 0 Å². The second kappa shape index (κ2) is 3.14. The number of hydrogen-bond acceptors (Lipinski definition) is 7. The van der Waals surface area contributed by atoms with Crippen LogP contribution in [0.3, 0.4) is 0 Å². The van der Waals surface area contributed by atoms with Crippen molar-refractivity contribution in [2.75, 3.05) is 0 Å². The number of imidazole rings is 1. The summed E-state index contributed by atoms with van der Waals surface area (Å²) in [5.41, 5.74) is 0. The predicted molar refractivity (Wildman–Crippen MR) is 63.6 cm³/mol. The lowest BCUT2D eigenvalue weighted by molar-refractivity contribution is 0.977. The number of rotatable bonds is 0. The number of nitrogens with zero attached hydrogens (tertiary/aromatic N) is 11. The van der Waals surface area contributed by atoms with Gasteiger partial charge in [-0.25, -0.2) is 18.2 Å². The number of fused-ring (bicyclic) bond motifs is 8. The second-order valence-electron chi connectivity index (χ2n) is 4.10. The van der Waals surface area contributed by atoms with Crippen LogP contribution in [0.2, 0.25) is 0 Å². The van der Waals surface area contributed by atoms with Crippen molar-refractivity contribution in [2.24, 2.45) is 0 Å². The highest BCUT2D eigenvalue weighted by Crippen LogP contribution is 2.09. The van der Waals surface area contributed by atoms with Crippen LogP contribution in [0.4, 0.5) is 0 Å². The molecule has 96 valence electrons. The lowest BCUT2D eigenvalue weighted by Gasteiger charge is -1.99. The average Bonchev–Trinajstić information content (AvgIpc) is 3.21. The third-order valence-corrected chi connectivity index (χ3v) is 3.07. The third kappa shape index (κ3) is 0.981. The SMILES string of the molecule is c1cn2c(n1)n1cnnc1n1cnnc1n1cnnc21. The summed E-state index contributed by atoms with van der Waals surface area (Å²) in [6.45, 7) is 0. The Morgan fingerprint density at radius 1 is 0.600 bits per heavy atom. The smallest absolute Gasteiger partial charge is 0.246 e. The van der Waals surface area contributed by atoms with Gasteiger partial charge in [-0.2, -0.15) is 0 Å². The Balaban J connectivity index is 2.33. The van der Waals surface area contributed by atoms with Crippen LogP contribution in [0.5, 0.6) is 0 Å². The first-order valence-corrected chi connectivity index (χ1v) is 5.68. The summed E-state index contributed by atoms with van der Waals surface area (Å²) in [5, 5.41) is 24.1. The number of aromatic nitrogens is 11. The van der Waals surface area contributed by atoms with Crippen molar-refractivity contribution in [3.05, 3.63) is 31.4 Å². The first kappa shape index (κ1) is 9.55. The zero-order chi connectivity index (χ0) is 13.1. The van der Waals surface area contributed by atoms with Crippen LogP contribution in [0.25, 0.3) is 23.1 Å². The van der Waals surface area contributed by atoms with E-state index in [-0.39, 0.29) is 0 Å². The van der Waals surface area contributed by atoms with E-state index in [1.54, 1.807) is 49.0 Å². The molecule has 0 radical (unpaired) electrons. The van der Waals surface area contributed by atoms with E-state index in [0.717, 1.165) is 0 Å². The maximum absolute atomic E-state index is 4.32. The number of hydrogen-bond donors (Lipinski definition) is 0. The molecule has 11 heteroatoms. The van der Waals surface area contributed by atoms with Crippen LogP contribution in [-0.4, -0.2) is 53.2 Å². The molecule has 11 nitrogen and oxygen atoms in total. The maximum atomic E-state index is 4.32. The molecule has 5 heterocycles. The fourth-order valence-electron chi connectivity index (χ4n) is 2.23. The zero-order valence-electron chi connectivity index (χ0n) is 9.81. The normalized spacial score (nSPS) is 12.0. The Morgan fingerprint density at radius 3 is 1.70 bits per heavy atom. The van der Waals surface area contributed by atoms with Gasteiger partial charge in [0.05, 0.1) is 0 Å². The van der Waals surface area contributed by atoms with Crippen molar-refractivity contribution in [3.63, 3.8) is 0 Å². The molecule has 5 aromatic rings. The van der Waals surface area contributed by atoms with Gasteiger partial charge in [-0.05, 0) is 0 Å². The van der Waals surface area contributed by atoms with E-state index < -0.39 is 0 Å². The van der Waals surface area contributed by atoms with E-state index in [0.29, 0.717) is 23.1 Å². The first-order valence-electron chi connectivity index (χ1n) is 5.68. The minimum absolute atomic E-state index is 0.526. The standard InChI is InChI=1S/C9H5N11/c1-2-17-6(10-1)18-3-11-15-8(18)20-5-13-16-9(20)19-4-12-14-7(17)19/h1-5H. The highest BCUT2D eigenvalue weighted by atomic mass is 15.4. The summed E-state index contributed by atoms with van der Waals surface area (Å²) < 4.78 is 6.90. The minimum Gasteiger partial charge on any atom is -0.253 e. The second-order valence-corrected chi connectivity index (χ2v) is 4.10. The molecular weight excluding hydrogens is 262 g/mol. The van der Waals surface area contributed by atoms with Crippen LogP contribution in [0.1, 0.15) is 0 Å². The van der Waals surface area contributed by atoms with Crippen molar-refractivity contribution in [2.45, 2.75) is 0 Å². The summed E-state index contributed by atoms with van der Waals surface area (Å²) in [6, 6.07) is 0. The third-order valence-electron chi connectivity index (χ3n) is 3.07. The van der Waals surface area contributed by atoms with Crippen molar-refractivity contribution in [1.82, 2.24) is 53.2 Å². The van der Waals surface area contributed by atoms with E-state index in [9.17, 15) is 0 Å². The van der Waals surface area contributed by atoms with Crippen LogP contribution in [0.15, 0.2) is 31.4 Å². The highest BCUT2D eigenvalue weighted by Gasteiger charge is 2.11. The van der Waals surface area contributed by atoms with E-state index in [1.165, 1.54) is 0 Å². The van der Waals surface area contributed by atoms with E-state index in [1.807, 2.05) is 0 Å². The summed E-state index contributed by atoms with van der Waals surface area (Å²) >= 11 is 0. The van der Waals surface area contributed by atoms with Gasteiger partial charge in [0, 0.05) is 12.4 Å². The van der Waals surface area contributed by atoms with Crippen LogP contribution in [-0.2, 0) is 0 Å². The molecule has 0 fully saturated rings. The lowest BCUT2D eigenvalue weighted by Crippen LogP contribution is -2.02. The van der Waals surface area contributed by atoms with Gasteiger partial charge in [0.1, 0.15) is 19.0 Å². The fraction of sp³-hybridized carbons (Fsp3) is 0. The van der Waals surface area contributed by atoms with E-state index in [4.69, 9.17) is 0 Å². The van der Waals surface area contributed by atoms with Gasteiger partial charge in [0.15, 0.2) is 0 Å². The molecule has 0 aliphatic carbocycles. The highest BCUT2D eigenvalue weighted by molar-refractivity contribution is 5.51. The molecular formula is C9H5N11. The van der Waals surface area contributed by atoms with Crippen LogP contribution in [0, 0.1) is 0 Å². The maximum Gasteiger partial charge on any atom is 0.246 e. The summed E-state index contributed by atoms with van der Waals surface area (Å²) in [4.78, 5) is 4.32. The molecule has 0 saturated carbocycles. The molecule has 0 unspecified atom stereocenters. The van der Waals surface area contributed by atoms with Crippen LogP contribution < -0.4 is 0 Å². The zero-order valence-corrected chi connectivity index (χ0v) is 9.81. The average molecular weight is 267 g/mol. The molecule has 0 spiro atoms. The molecule has 0 atom stereocenters. The molecule has 0 aromatic carbocycles. The van der Waals surface area contributed by atoms with Gasteiger partial charge in [-0.1, -0.05) is 0 Å². The Labute approximate surface area is 108 Å². The van der Waals surface area contributed by atoms with Gasteiger partial charge < -0.3 is 0 Å². The summed E-state index contributed by atoms with van der Waals surface area (Å²) in [6.07, 6.45) is 8.14. The summed E-state index contributed by atoms with van der Waals surface area (Å²) in [5.74, 6) is 2.24. The topological polar surface area (TPSA) is 108 Å². The molecule has 0 N–H and O–H groups in total. The van der Waals surface area contributed by atoms with Gasteiger partial charge in [-0.3, -0.25) is 4.40 Å². The van der Waals surface area contributed by atoms with Crippen molar-refractivity contribution in [3.8, 4) is 0 Å². The Kier molecular flexibility index (Phi) is 1.50. The fourth-order valence-corrected chi connectivity index (χ4v) is 2.23. The monoisotopic (exact) mass is 267 g/mol. The largest absolute Gasteiger partial charge is 0.253 e. The molecule has 5 rings (SSSR count). The minimum atomic E-state index is 0.526. The Bertz CT molecular complexity index is 809. The lowest BCUT2D eigenvalue weighted by atomic mass is 10.8. The molecule has 0 saturated heterocycles. The quantitative estimate of drug-likeness (QED) is 0.355. The van der Waals surface area contributed by atoms with Crippen molar-refractivity contribution >= 4 is 23.1 Å². The van der Waals surface area contributed by atoms with Crippen LogP contribution >= 0.6 is 0 Å². The molecule has 0 bridgehead atoms. The summed E-state index contributed by atoms with van der Waals surface area (Å²) in [7, 11) is 0. The molecule has 5 aromatic heterocycles. The van der Waals surface area contributed by atoms with E-state index >= 15 is 0 Å².